The first-order valence-electron chi connectivity index (χ1n) is 3.97. The minimum absolute atomic E-state index is 0.0333. The standard InChI is InChI=1S/C9H11BrN2S/c1-7(5-11)12(2)6-9-8(10)3-4-13-9/h3-4,7H,6H2,1-2H3. The van der Waals surface area contributed by atoms with Gasteiger partial charge in [0.25, 0.3) is 0 Å². The zero-order chi connectivity index (χ0) is 9.84. The Hall–Kier alpha value is -0.370. The van der Waals surface area contributed by atoms with Crippen LogP contribution in [-0.4, -0.2) is 18.0 Å². The van der Waals surface area contributed by atoms with E-state index in [0.29, 0.717) is 0 Å². The lowest BCUT2D eigenvalue weighted by Gasteiger charge is -2.17. The summed E-state index contributed by atoms with van der Waals surface area (Å²) in [6.07, 6.45) is 0. The van der Waals surface area contributed by atoms with Crippen LogP contribution in [0.1, 0.15) is 11.8 Å². The van der Waals surface area contributed by atoms with Gasteiger partial charge in [0, 0.05) is 15.9 Å². The fourth-order valence-corrected chi connectivity index (χ4v) is 2.44. The molecule has 70 valence electrons. The van der Waals surface area contributed by atoms with Crippen LogP contribution in [0.25, 0.3) is 0 Å². The van der Waals surface area contributed by atoms with Crippen LogP contribution in [0.3, 0.4) is 0 Å². The maximum Gasteiger partial charge on any atom is 0.0950 e. The van der Waals surface area contributed by atoms with Crippen LogP contribution in [0, 0.1) is 11.3 Å². The minimum atomic E-state index is -0.0333. The van der Waals surface area contributed by atoms with Crippen molar-refractivity contribution < 1.29 is 0 Å². The van der Waals surface area contributed by atoms with Crippen molar-refractivity contribution in [2.75, 3.05) is 7.05 Å². The number of halogens is 1. The molecule has 1 atom stereocenters. The van der Waals surface area contributed by atoms with Gasteiger partial charge in [-0.2, -0.15) is 5.26 Å². The van der Waals surface area contributed by atoms with Gasteiger partial charge in [0.1, 0.15) is 0 Å². The summed E-state index contributed by atoms with van der Waals surface area (Å²) in [5.41, 5.74) is 0. The van der Waals surface area contributed by atoms with Gasteiger partial charge in [0.2, 0.25) is 0 Å². The van der Waals surface area contributed by atoms with E-state index < -0.39 is 0 Å². The zero-order valence-electron chi connectivity index (χ0n) is 7.62. The highest BCUT2D eigenvalue weighted by Crippen LogP contribution is 2.24. The molecular formula is C9H11BrN2S. The monoisotopic (exact) mass is 258 g/mol. The second-order valence-electron chi connectivity index (χ2n) is 2.91. The van der Waals surface area contributed by atoms with Crippen molar-refractivity contribution in [1.29, 1.82) is 5.26 Å². The van der Waals surface area contributed by atoms with Gasteiger partial charge in [0.15, 0.2) is 0 Å². The highest BCUT2D eigenvalue weighted by atomic mass is 79.9. The van der Waals surface area contributed by atoms with Crippen molar-refractivity contribution in [3.63, 3.8) is 0 Å². The van der Waals surface area contributed by atoms with E-state index in [0.717, 1.165) is 11.0 Å². The van der Waals surface area contributed by atoms with Crippen LogP contribution in [0.2, 0.25) is 0 Å². The molecule has 0 N–H and O–H groups in total. The van der Waals surface area contributed by atoms with Crippen LogP contribution in [0.15, 0.2) is 15.9 Å². The predicted octanol–water partition coefficient (Wildman–Crippen LogP) is 2.85. The Morgan fingerprint density at radius 2 is 2.46 bits per heavy atom. The van der Waals surface area contributed by atoms with Gasteiger partial charge in [-0.3, -0.25) is 4.90 Å². The summed E-state index contributed by atoms with van der Waals surface area (Å²) >= 11 is 5.17. The molecule has 0 aliphatic rings. The molecule has 1 unspecified atom stereocenters. The molecule has 0 amide bonds. The quantitative estimate of drug-likeness (QED) is 0.834. The second-order valence-corrected chi connectivity index (χ2v) is 4.77. The van der Waals surface area contributed by atoms with Gasteiger partial charge < -0.3 is 0 Å². The van der Waals surface area contributed by atoms with Gasteiger partial charge >= 0.3 is 0 Å². The molecule has 0 radical (unpaired) electrons. The summed E-state index contributed by atoms with van der Waals surface area (Å²) in [5.74, 6) is 0. The number of rotatable bonds is 3. The third kappa shape index (κ3) is 2.80. The third-order valence-corrected chi connectivity index (χ3v) is 3.84. The average Bonchev–Trinajstić information content (AvgIpc) is 2.50. The molecule has 0 saturated heterocycles. The fraction of sp³-hybridized carbons (Fsp3) is 0.444. The summed E-state index contributed by atoms with van der Waals surface area (Å²) in [7, 11) is 1.96. The maximum atomic E-state index is 8.70. The topological polar surface area (TPSA) is 27.0 Å². The van der Waals surface area contributed by atoms with Crippen molar-refractivity contribution in [3.05, 3.63) is 20.8 Å². The molecule has 0 aliphatic carbocycles. The Kier molecular flexibility index (Phi) is 3.91. The van der Waals surface area contributed by atoms with Crippen LogP contribution in [0.4, 0.5) is 0 Å². The molecule has 1 aromatic rings. The lowest BCUT2D eigenvalue weighted by Crippen LogP contribution is -2.26. The van der Waals surface area contributed by atoms with E-state index in [1.165, 1.54) is 4.88 Å². The van der Waals surface area contributed by atoms with Gasteiger partial charge in [-0.1, -0.05) is 0 Å². The van der Waals surface area contributed by atoms with E-state index in [1.807, 2.05) is 30.3 Å². The van der Waals surface area contributed by atoms with E-state index in [9.17, 15) is 0 Å². The van der Waals surface area contributed by atoms with Crippen molar-refractivity contribution in [2.45, 2.75) is 19.5 Å². The number of hydrogen-bond acceptors (Lipinski definition) is 3. The summed E-state index contributed by atoms with van der Waals surface area (Å²) in [6, 6.07) is 4.21. The van der Waals surface area contributed by atoms with Crippen LogP contribution in [-0.2, 0) is 6.54 Å². The average molecular weight is 259 g/mol. The highest BCUT2D eigenvalue weighted by molar-refractivity contribution is 9.10. The number of nitriles is 1. The Morgan fingerprint density at radius 1 is 1.77 bits per heavy atom. The molecule has 0 aliphatic heterocycles. The molecule has 0 fully saturated rings. The van der Waals surface area contributed by atoms with Crippen LogP contribution in [0.5, 0.6) is 0 Å². The summed E-state index contributed by atoms with van der Waals surface area (Å²) in [5, 5.41) is 10.7. The molecule has 1 aromatic heterocycles. The van der Waals surface area contributed by atoms with Crippen molar-refractivity contribution in [1.82, 2.24) is 4.90 Å². The Labute approximate surface area is 90.9 Å². The summed E-state index contributed by atoms with van der Waals surface area (Å²) in [4.78, 5) is 3.29. The van der Waals surface area contributed by atoms with Crippen molar-refractivity contribution >= 4 is 27.3 Å². The van der Waals surface area contributed by atoms with E-state index in [1.54, 1.807) is 11.3 Å². The minimum Gasteiger partial charge on any atom is -0.286 e. The molecule has 0 bridgehead atoms. The largest absolute Gasteiger partial charge is 0.286 e. The smallest absolute Gasteiger partial charge is 0.0950 e. The van der Waals surface area contributed by atoms with Crippen LogP contribution >= 0.6 is 27.3 Å². The fourth-order valence-electron chi connectivity index (χ4n) is 0.900. The summed E-state index contributed by atoms with van der Waals surface area (Å²) in [6.45, 7) is 2.73. The molecule has 1 rings (SSSR count). The molecule has 0 aromatic carbocycles. The van der Waals surface area contributed by atoms with Gasteiger partial charge in [0.05, 0.1) is 12.1 Å². The van der Waals surface area contributed by atoms with Gasteiger partial charge in [-0.05, 0) is 41.3 Å². The predicted molar refractivity (Wildman–Crippen MR) is 58.6 cm³/mol. The van der Waals surface area contributed by atoms with Crippen molar-refractivity contribution in [2.24, 2.45) is 0 Å². The molecule has 1 heterocycles. The van der Waals surface area contributed by atoms with Gasteiger partial charge in [-0.15, -0.1) is 11.3 Å². The Morgan fingerprint density at radius 3 is 2.92 bits per heavy atom. The third-order valence-electron chi connectivity index (χ3n) is 1.93. The van der Waals surface area contributed by atoms with E-state index in [2.05, 4.69) is 22.0 Å². The first-order valence-corrected chi connectivity index (χ1v) is 5.64. The van der Waals surface area contributed by atoms with Gasteiger partial charge in [-0.25, -0.2) is 0 Å². The second kappa shape index (κ2) is 4.75. The van der Waals surface area contributed by atoms with Crippen LogP contribution < -0.4 is 0 Å². The number of thiophene rings is 1. The SMILES string of the molecule is CC(C#N)N(C)Cc1sccc1Br. The maximum absolute atomic E-state index is 8.70. The molecular weight excluding hydrogens is 248 g/mol. The lowest BCUT2D eigenvalue weighted by molar-refractivity contribution is 0.296. The van der Waals surface area contributed by atoms with E-state index >= 15 is 0 Å². The Balaban J connectivity index is 2.60. The number of hydrogen-bond donors (Lipinski definition) is 0. The van der Waals surface area contributed by atoms with E-state index in [-0.39, 0.29) is 6.04 Å². The lowest BCUT2D eigenvalue weighted by atomic mass is 10.3. The molecule has 0 spiro atoms. The summed E-state index contributed by atoms with van der Waals surface area (Å²) < 4.78 is 1.13. The highest BCUT2D eigenvalue weighted by Gasteiger charge is 2.10. The first kappa shape index (κ1) is 10.7. The molecule has 0 saturated carbocycles. The van der Waals surface area contributed by atoms with E-state index in [4.69, 9.17) is 5.26 Å². The molecule has 2 nitrogen and oxygen atoms in total. The zero-order valence-corrected chi connectivity index (χ0v) is 10.0. The Bertz CT molecular complexity index is 316. The first-order chi connectivity index (χ1) is 6.15. The number of nitrogens with zero attached hydrogens (tertiary/aromatic N) is 2. The van der Waals surface area contributed by atoms with Crippen molar-refractivity contribution in [3.8, 4) is 6.07 Å². The molecule has 13 heavy (non-hydrogen) atoms. The normalized spacial score (nSPS) is 12.8. The molecule has 4 heteroatoms.